The van der Waals surface area contributed by atoms with Gasteiger partial charge >= 0.3 is 0 Å². The fourth-order valence-electron chi connectivity index (χ4n) is 4.26. The summed E-state index contributed by atoms with van der Waals surface area (Å²) in [5.74, 6) is 1.50. The zero-order valence-electron chi connectivity index (χ0n) is 14.1. The van der Waals surface area contributed by atoms with Crippen molar-refractivity contribution in [1.82, 2.24) is 9.80 Å². The molecule has 3 fully saturated rings. The van der Waals surface area contributed by atoms with E-state index in [2.05, 4.69) is 28.9 Å². The largest absolute Gasteiger partial charge is 0.379 e. The molecule has 3 aliphatic rings. The van der Waals surface area contributed by atoms with Crippen LogP contribution in [0.5, 0.6) is 0 Å². The van der Waals surface area contributed by atoms with Crippen molar-refractivity contribution < 1.29 is 9.47 Å². The Morgan fingerprint density at radius 1 is 1.17 bits per heavy atom. The number of morpholine rings is 1. The summed E-state index contributed by atoms with van der Waals surface area (Å²) in [6.45, 7) is 11.7. The molecule has 128 valence electrons. The first-order valence-electron chi connectivity index (χ1n) is 8.97. The average Bonchev–Trinajstić information content (AvgIpc) is 3.15. The van der Waals surface area contributed by atoms with E-state index in [0.717, 1.165) is 51.9 Å². The molecule has 3 aliphatic heterocycles. The predicted molar refractivity (Wildman–Crippen MR) is 92.9 cm³/mol. The molecule has 0 spiro atoms. The van der Waals surface area contributed by atoms with E-state index in [4.69, 9.17) is 9.47 Å². The lowest BCUT2D eigenvalue weighted by atomic mass is 9.84. The Kier molecular flexibility index (Phi) is 5.02. The first-order valence-corrected chi connectivity index (χ1v) is 9.79. The Morgan fingerprint density at radius 2 is 2.04 bits per heavy atom. The van der Waals surface area contributed by atoms with Crippen molar-refractivity contribution in [3.63, 3.8) is 0 Å². The van der Waals surface area contributed by atoms with Crippen LogP contribution in [0.4, 0.5) is 0 Å². The number of hydrogen-bond donors (Lipinski definition) is 0. The molecule has 0 saturated carbocycles. The lowest BCUT2D eigenvalue weighted by Gasteiger charge is -2.37. The molecule has 1 aromatic heterocycles. The highest BCUT2D eigenvalue weighted by molar-refractivity contribution is 7.11. The summed E-state index contributed by atoms with van der Waals surface area (Å²) >= 11 is 1.94. The van der Waals surface area contributed by atoms with Gasteiger partial charge in [-0.3, -0.25) is 9.80 Å². The molecule has 3 saturated heterocycles. The van der Waals surface area contributed by atoms with Gasteiger partial charge in [0.25, 0.3) is 0 Å². The van der Waals surface area contributed by atoms with Crippen molar-refractivity contribution in [3.8, 4) is 0 Å². The topological polar surface area (TPSA) is 24.9 Å². The van der Waals surface area contributed by atoms with Crippen LogP contribution in [0.3, 0.4) is 0 Å². The molecule has 4 nitrogen and oxygen atoms in total. The SMILES string of the molecule is Cc1ccc(CN2CC[C@H]3CO[C@H](CN4CCOCC4)[C@H]3C2)s1. The van der Waals surface area contributed by atoms with Crippen LogP contribution in [0.1, 0.15) is 16.2 Å². The highest BCUT2D eigenvalue weighted by Crippen LogP contribution is 2.35. The van der Waals surface area contributed by atoms with E-state index in [9.17, 15) is 0 Å². The van der Waals surface area contributed by atoms with E-state index < -0.39 is 0 Å². The van der Waals surface area contributed by atoms with Crippen LogP contribution in [0, 0.1) is 18.8 Å². The van der Waals surface area contributed by atoms with Gasteiger partial charge in [-0.05, 0) is 37.9 Å². The van der Waals surface area contributed by atoms with E-state index in [0.29, 0.717) is 12.0 Å². The van der Waals surface area contributed by atoms with Gasteiger partial charge in [-0.25, -0.2) is 0 Å². The van der Waals surface area contributed by atoms with Crippen molar-refractivity contribution in [3.05, 3.63) is 21.9 Å². The van der Waals surface area contributed by atoms with Crippen LogP contribution >= 0.6 is 11.3 Å². The van der Waals surface area contributed by atoms with Gasteiger partial charge in [-0.1, -0.05) is 0 Å². The second-order valence-electron chi connectivity index (χ2n) is 7.24. The molecule has 4 rings (SSSR count). The van der Waals surface area contributed by atoms with Crippen molar-refractivity contribution in [1.29, 1.82) is 0 Å². The summed E-state index contributed by atoms with van der Waals surface area (Å²) in [6, 6.07) is 4.54. The molecule has 0 amide bonds. The summed E-state index contributed by atoms with van der Waals surface area (Å²) in [5, 5.41) is 0. The quantitative estimate of drug-likeness (QED) is 0.842. The zero-order chi connectivity index (χ0) is 15.6. The first-order chi connectivity index (χ1) is 11.3. The van der Waals surface area contributed by atoms with Crippen LogP contribution in [0.15, 0.2) is 12.1 Å². The molecule has 0 aromatic carbocycles. The number of thiophene rings is 1. The van der Waals surface area contributed by atoms with Crippen molar-refractivity contribution in [2.75, 3.05) is 52.5 Å². The molecule has 5 heteroatoms. The van der Waals surface area contributed by atoms with E-state index in [1.54, 1.807) is 0 Å². The third kappa shape index (κ3) is 3.80. The number of ether oxygens (including phenoxy) is 2. The van der Waals surface area contributed by atoms with Crippen LogP contribution in [-0.4, -0.2) is 68.4 Å². The maximum Gasteiger partial charge on any atom is 0.0745 e. The summed E-state index contributed by atoms with van der Waals surface area (Å²) in [6.07, 6.45) is 1.72. The second kappa shape index (κ2) is 7.19. The summed E-state index contributed by atoms with van der Waals surface area (Å²) in [5.41, 5.74) is 0. The second-order valence-corrected chi connectivity index (χ2v) is 8.62. The summed E-state index contributed by atoms with van der Waals surface area (Å²) < 4.78 is 11.7. The highest BCUT2D eigenvalue weighted by Gasteiger charge is 2.41. The molecule has 0 radical (unpaired) electrons. The van der Waals surface area contributed by atoms with Crippen LogP contribution in [0.2, 0.25) is 0 Å². The normalized spacial score (nSPS) is 33.0. The van der Waals surface area contributed by atoms with E-state index in [1.165, 1.54) is 29.3 Å². The Morgan fingerprint density at radius 3 is 2.83 bits per heavy atom. The zero-order valence-corrected chi connectivity index (χ0v) is 14.9. The highest BCUT2D eigenvalue weighted by atomic mass is 32.1. The molecular weight excluding hydrogens is 308 g/mol. The Labute approximate surface area is 143 Å². The van der Waals surface area contributed by atoms with Gasteiger partial charge in [0.2, 0.25) is 0 Å². The van der Waals surface area contributed by atoms with Gasteiger partial charge in [-0.15, -0.1) is 11.3 Å². The number of aryl methyl sites for hydroxylation is 1. The van der Waals surface area contributed by atoms with Crippen LogP contribution in [0.25, 0.3) is 0 Å². The number of piperidine rings is 1. The molecule has 0 bridgehead atoms. The number of fused-ring (bicyclic) bond motifs is 1. The first kappa shape index (κ1) is 16.0. The lowest BCUT2D eigenvalue weighted by molar-refractivity contribution is -0.00489. The standard InChI is InChI=1S/C18H28N2O2S/c1-14-2-3-16(23-14)10-20-5-4-15-13-22-18(17(15)11-20)12-19-6-8-21-9-7-19/h2-3,15,17-18H,4-13H2,1H3/t15-,17-,18+/m0/s1. The Bertz CT molecular complexity index is 515. The molecule has 3 atom stereocenters. The third-order valence-electron chi connectivity index (χ3n) is 5.61. The Hall–Kier alpha value is -0.460. The molecule has 0 aliphatic carbocycles. The summed E-state index contributed by atoms with van der Waals surface area (Å²) in [4.78, 5) is 8.10. The van der Waals surface area contributed by atoms with Gasteiger partial charge in [0, 0.05) is 48.4 Å². The fourth-order valence-corrected chi connectivity index (χ4v) is 5.19. The molecule has 23 heavy (non-hydrogen) atoms. The number of rotatable bonds is 4. The minimum Gasteiger partial charge on any atom is -0.379 e. The molecule has 1 aromatic rings. The average molecular weight is 337 g/mol. The molecule has 4 heterocycles. The van der Waals surface area contributed by atoms with Gasteiger partial charge in [0.1, 0.15) is 0 Å². The number of likely N-dealkylation sites (tertiary alicyclic amines) is 1. The smallest absolute Gasteiger partial charge is 0.0745 e. The monoisotopic (exact) mass is 336 g/mol. The van der Waals surface area contributed by atoms with Crippen molar-refractivity contribution in [2.45, 2.75) is 26.0 Å². The van der Waals surface area contributed by atoms with E-state index >= 15 is 0 Å². The summed E-state index contributed by atoms with van der Waals surface area (Å²) in [7, 11) is 0. The van der Waals surface area contributed by atoms with E-state index in [-0.39, 0.29) is 0 Å². The maximum absolute atomic E-state index is 6.20. The van der Waals surface area contributed by atoms with Gasteiger partial charge in [-0.2, -0.15) is 0 Å². The van der Waals surface area contributed by atoms with Crippen molar-refractivity contribution in [2.24, 2.45) is 11.8 Å². The van der Waals surface area contributed by atoms with E-state index in [1.807, 2.05) is 11.3 Å². The molecule has 0 N–H and O–H groups in total. The lowest BCUT2D eigenvalue weighted by Crippen LogP contribution is -2.47. The molecular formula is C18H28N2O2S. The van der Waals surface area contributed by atoms with Crippen LogP contribution in [-0.2, 0) is 16.0 Å². The van der Waals surface area contributed by atoms with Gasteiger partial charge < -0.3 is 9.47 Å². The van der Waals surface area contributed by atoms with Crippen LogP contribution < -0.4 is 0 Å². The third-order valence-corrected chi connectivity index (χ3v) is 6.60. The van der Waals surface area contributed by atoms with Gasteiger partial charge in [0.05, 0.1) is 25.9 Å². The maximum atomic E-state index is 6.20. The minimum atomic E-state index is 0.422. The minimum absolute atomic E-state index is 0.422. The predicted octanol–water partition coefficient (Wildman–Crippen LogP) is 2.23. The van der Waals surface area contributed by atoms with Crippen molar-refractivity contribution >= 4 is 11.3 Å². The fraction of sp³-hybridized carbons (Fsp3) is 0.778. The molecule has 0 unspecified atom stereocenters. The Balaban J connectivity index is 1.34. The number of hydrogen-bond acceptors (Lipinski definition) is 5. The number of nitrogens with zero attached hydrogens (tertiary/aromatic N) is 2. The van der Waals surface area contributed by atoms with Gasteiger partial charge in [0.15, 0.2) is 0 Å².